The molecular weight excluding hydrogens is 474 g/mol. The zero-order valence-corrected chi connectivity index (χ0v) is 21.4. The zero-order valence-electron chi connectivity index (χ0n) is 17.3. The van der Waals surface area contributed by atoms with Gasteiger partial charge in [0, 0.05) is 0 Å². The monoisotopic (exact) mass is 501 g/mol. The standard InChI is InChI=1S/C20H17.C6H10.2ClH.Zr/c1-13-7-9-18(14(13)2)16-8-10-20-17(12-16)11-15-5-3-4-6-19(15)20;1-2-4-6-5-3-1;;;/h3-8,10H,9,11H2,1-2H3;1-5H2;2*1H;/q-1;;;;. The average molecular weight is 504 g/mol. The maximum atomic E-state index is 3.67. The Morgan fingerprint density at radius 3 is 2.21 bits per heavy atom. The average Bonchev–Trinajstić information content (AvgIpc) is 3.22. The molecule has 0 heterocycles. The summed E-state index contributed by atoms with van der Waals surface area (Å²) in [5.74, 6) is 0. The molecule has 3 aliphatic rings. The van der Waals surface area contributed by atoms with E-state index in [4.69, 9.17) is 0 Å². The van der Waals surface area contributed by atoms with Crippen molar-refractivity contribution >= 4 is 33.6 Å². The summed E-state index contributed by atoms with van der Waals surface area (Å²) in [6.45, 7) is 4.43. The van der Waals surface area contributed by atoms with Crippen molar-refractivity contribution in [1.82, 2.24) is 0 Å². The van der Waals surface area contributed by atoms with Gasteiger partial charge in [-0.05, 0) is 32.3 Å². The number of rotatable bonds is 1. The Hall–Kier alpha value is -0.747. The minimum absolute atomic E-state index is 0. The number of hydrogen-bond acceptors (Lipinski definition) is 0. The van der Waals surface area contributed by atoms with E-state index in [0.717, 1.165) is 12.8 Å². The van der Waals surface area contributed by atoms with Crippen LogP contribution in [-0.4, -0.2) is 3.21 Å². The third-order valence-electron chi connectivity index (χ3n) is 6.14. The number of hydrogen-bond donors (Lipinski definition) is 0. The van der Waals surface area contributed by atoms with Crippen molar-refractivity contribution in [1.29, 1.82) is 0 Å². The normalized spacial score (nSPS) is 16.6. The van der Waals surface area contributed by atoms with E-state index in [1.165, 1.54) is 76.6 Å². The summed E-state index contributed by atoms with van der Waals surface area (Å²) in [5.41, 5.74) is 11.1. The molecule has 0 atom stereocenters. The van der Waals surface area contributed by atoms with E-state index in [2.05, 4.69) is 62.4 Å². The van der Waals surface area contributed by atoms with Crippen LogP contribution in [0, 0.1) is 6.07 Å². The molecule has 0 spiro atoms. The molecule has 1 fully saturated rings. The van der Waals surface area contributed by atoms with Gasteiger partial charge < -0.3 is 0 Å². The molecule has 152 valence electrons. The fourth-order valence-electron chi connectivity index (χ4n) is 4.32. The van der Waals surface area contributed by atoms with Gasteiger partial charge in [-0.2, -0.15) is 0 Å². The summed E-state index contributed by atoms with van der Waals surface area (Å²) in [5, 5.41) is 0. The number of halogens is 2. The van der Waals surface area contributed by atoms with Gasteiger partial charge in [0.1, 0.15) is 0 Å². The Morgan fingerprint density at radius 1 is 0.862 bits per heavy atom. The molecule has 0 aliphatic heterocycles. The second-order valence-corrected chi connectivity index (χ2v) is 9.70. The fraction of sp³-hybridized carbons (Fsp3) is 0.346. The third-order valence-corrected chi connectivity index (χ3v) is 7.37. The Kier molecular flexibility index (Phi) is 9.33. The second-order valence-electron chi connectivity index (χ2n) is 7.96. The Morgan fingerprint density at radius 2 is 1.59 bits per heavy atom. The van der Waals surface area contributed by atoms with E-state index in [9.17, 15) is 0 Å². The van der Waals surface area contributed by atoms with Crippen LogP contribution < -0.4 is 0 Å². The summed E-state index contributed by atoms with van der Waals surface area (Å²) in [6, 6.07) is 16.9. The number of allylic oxidation sites excluding steroid dienone is 4. The van der Waals surface area contributed by atoms with Crippen molar-refractivity contribution in [2.45, 2.75) is 58.8 Å². The van der Waals surface area contributed by atoms with Gasteiger partial charge in [-0.25, -0.2) is 0 Å². The van der Waals surface area contributed by atoms with Crippen LogP contribution in [0.1, 0.15) is 69.1 Å². The van der Waals surface area contributed by atoms with Crippen molar-refractivity contribution in [3.05, 3.63) is 76.4 Å². The van der Waals surface area contributed by atoms with Crippen LogP contribution in [0.15, 0.2) is 53.6 Å². The van der Waals surface area contributed by atoms with Gasteiger partial charge in [-0.1, -0.05) is 52.6 Å². The topological polar surface area (TPSA) is 0 Å². The van der Waals surface area contributed by atoms with Gasteiger partial charge in [0.05, 0.1) is 0 Å². The fourth-order valence-corrected chi connectivity index (χ4v) is 5.19. The predicted molar refractivity (Wildman–Crippen MR) is 127 cm³/mol. The molecule has 0 unspecified atom stereocenters. The van der Waals surface area contributed by atoms with E-state index >= 15 is 0 Å². The summed E-state index contributed by atoms with van der Waals surface area (Å²) < 4.78 is 1.80. The molecule has 2 aromatic rings. The Bertz CT molecular complexity index is 945. The van der Waals surface area contributed by atoms with Crippen molar-refractivity contribution in [2.75, 3.05) is 0 Å². The second kappa shape index (κ2) is 11.0. The van der Waals surface area contributed by atoms with Crippen LogP contribution in [-0.2, 0) is 30.7 Å². The third kappa shape index (κ3) is 5.49. The van der Waals surface area contributed by atoms with E-state index in [1.54, 1.807) is 27.4 Å². The molecule has 0 bridgehead atoms. The molecule has 5 rings (SSSR count). The van der Waals surface area contributed by atoms with Gasteiger partial charge in [-0.15, -0.1) is 59.7 Å². The van der Waals surface area contributed by atoms with Crippen LogP contribution in [0.4, 0.5) is 0 Å². The molecular formula is C26H29Cl2Zr-. The van der Waals surface area contributed by atoms with Crippen LogP contribution in [0.3, 0.4) is 0 Å². The molecule has 0 aromatic heterocycles. The molecule has 29 heavy (non-hydrogen) atoms. The van der Waals surface area contributed by atoms with E-state index in [0.29, 0.717) is 0 Å². The molecule has 0 N–H and O–H groups in total. The van der Waals surface area contributed by atoms with Crippen LogP contribution >= 0.6 is 24.8 Å². The van der Waals surface area contributed by atoms with Crippen molar-refractivity contribution in [2.24, 2.45) is 0 Å². The molecule has 3 heteroatoms. The maximum absolute atomic E-state index is 3.67. The van der Waals surface area contributed by atoms with Crippen molar-refractivity contribution in [3.8, 4) is 11.1 Å². The molecule has 0 nitrogen and oxygen atoms in total. The molecule has 1 saturated carbocycles. The SMILES string of the molecule is CC1=CCC(c2[c-]c3c(cc2)-c2ccccc2C3)=C1C.Cl.Cl.[Zr]=[C]1CCCCC1. The van der Waals surface area contributed by atoms with Crippen LogP contribution in [0.2, 0.25) is 0 Å². The van der Waals surface area contributed by atoms with E-state index < -0.39 is 0 Å². The molecule has 3 aliphatic carbocycles. The molecule has 0 radical (unpaired) electrons. The number of fused-ring (bicyclic) bond motifs is 3. The van der Waals surface area contributed by atoms with Crippen LogP contribution in [0.5, 0.6) is 0 Å². The van der Waals surface area contributed by atoms with Gasteiger partial charge in [-0.3, -0.25) is 0 Å². The van der Waals surface area contributed by atoms with Crippen LogP contribution in [0.25, 0.3) is 16.7 Å². The summed E-state index contributed by atoms with van der Waals surface area (Å²) in [7, 11) is 0. The Labute approximate surface area is 203 Å². The first kappa shape index (κ1) is 24.5. The first-order valence-electron chi connectivity index (χ1n) is 10.2. The van der Waals surface area contributed by atoms with Crippen molar-refractivity contribution < 1.29 is 24.2 Å². The first-order chi connectivity index (χ1) is 13.1. The zero-order chi connectivity index (χ0) is 18.8. The summed E-state index contributed by atoms with van der Waals surface area (Å²) >= 11 is 1.69. The van der Waals surface area contributed by atoms with Crippen molar-refractivity contribution in [3.63, 3.8) is 0 Å². The van der Waals surface area contributed by atoms with E-state index in [-0.39, 0.29) is 24.8 Å². The molecule has 0 saturated heterocycles. The predicted octanol–water partition coefficient (Wildman–Crippen LogP) is 7.69. The minimum atomic E-state index is 0. The first-order valence-corrected chi connectivity index (χ1v) is 11.4. The summed E-state index contributed by atoms with van der Waals surface area (Å²) in [6.07, 6.45) is 11.7. The Balaban J connectivity index is 0.000000287. The van der Waals surface area contributed by atoms with Gasteiger partial charge in [0.25, 0.3) is 0 Å². The quantitative estimate of drug-likeness (QED) is 0.299. The van der Waals surface area contributed by atoms with Gasteiger partial charge in [0.15, 0.2) is 0 Å². The molecule has 0 amide bonds. The van der Waals surface area contributed by atoms with Gasteiger partial charge >= 0.3 is 59.5 Å². The van der Waals surface area contributed by atoms with E-state index in [1.807, 2.05) is 0 Å². The summed E-state index contributed by atoms with van der Waals surface area (Å²) in [4.78, 5) is 0. The molecule has 2 aromatic carbocycles. The van der Waals surface area contributed by atoms with Gasteiger partial charge in [0.2, 0.25) is 0 Å². The number of benzene rings is 2.